The summed E-state index contributed by atoms with van der Waals surface area (Å²) in [6.45, 7) is -0.380. The van der Waals surface area contributed by atoms with E-state index in [0.29, 0.717) is 41.9 Å². The number of halogens is 4. The number of carbonyl (C=O) groups is 2. The van der Waals surface area contributed by atoms with E-state index in [1.807, 2.05) is 12.1 Å². The number of amides is 2. The normalized spacial score (nSPS) is 10.7. The Morgan fingerprint density at radius 1 is 0.667 bits per heavy atom. The topological polar surface area (TPSA) is 76.7 Å². The fourth-order valence-electron chi connectivity index (χ4n) is 3.37. The van der Waals surface area contributed by atoms with Crippen molar-refractivity contribution in [1.29, 1.82) is 0 Å². The minimum Gasteiger partial charge on any atom is -0.483 e. The van der Waals surface area contributed by atoms with Gasteiger partial charge in [-0.3, -0.25) is 9.59 Å². The summed E-state index contributed by atoms with van der Waals surface area (Å²) in [6, 6.07) is 21.0. The second-order valence-corrected chi connectivity index (χ2v) is 10.1. The van der Waals surface area contributed by atoms with E-state index in [1.165, 1.54) is 0 Å². The molecule has 0 spiro atoms. The summed E-state index contributed by atoms with van der Waals surface area (Å²) in [5.41, 5.74) is 1.18. The zero-order chi connectivity index (χ0) is 25.7. The van der Waals surface area contributed by atoms with Gasteiger partial charge in [-0.15, -0.1) is 0 Å². The van der Waals surface area contributed by atoms with E-state index in [1.54, 1.807) is 60.7 Å². The van der Waals surface area contributed by atoms with E-state index < -0.39 is 0 Å². The highest BCUT2D eigenvalue weighted by atomic mass is 79.9. The number of nitrogens with one attached hydrogen (secondary N) is 2. The first-order chi connectivity index (χ1) is 17.3. The van der Waals surface area contributed by atoms with E-state index in [0.717, 1.165) is 10.8 Å². The smallest absolute Gasteiger partial charge is 0.262 e. The van der Waals surface area contributed by atoms with E-state index in [4.69, 9.17) is 32.7 Å². The Kier molecular flexibility index (Phi) is 8.74. The lowest BCUT2D eigenvalue weighted by Gasteiger charge is -2.14. The Bertz CT molecular complexity index is 1340. The molecule has 36 heavy (non-hydrogen) atoms. The van der Waals surface area contributed by atoms with Crippen molar-refractivity contribution in [3.63, 3.8) is 0 Å². The number of hydrogen-bond donors (Lipinski definition) is 2. The van der Waals surface area contributed by atoms with E-state index in [-0.39, 0.29) is 25.0 Å². The second kappa shape index (κ2) is 12.0. The maximum absolute atomic E-state index is 12.6. The predicted molar refractivity (Wildman–Crippen MR) is 151 cm³/mol. The van der Waals surface area contributed by atoms with Crippen LogP contribution in [0, 0.1) is 0 Å². The molecule has 4 aromatic rings. The van der Waals surface area contributed by atoms with Gasteiger partial charge in [-0.1, -0.05) is 47.5 Å². The zero-order valence-electron chi connectivity index (χ0n) is 18.5. The maximum Gasteiger partial charge on any atom is 0.262 e. The Morgan fingerprint density at radius 3 is 1.47 bits per heavy atom. The third kappa shape index (κ3) is 6.70. The van der Waals surface area contributed by atoms with Crippen LogP contribution >= 0.6 is 55.1 Å². The summed E-state index contributed by atoms with van der Waals surface area (Å²) in [7, 11) is 0. The molecule has 0 unspecified atom stereocenters. The lowest BCUT2D eigenvalue weighted by atomic mass is 10.1. The molecular weight excluding hydrogens is 635 g/mol. The molecule has 2 N–H and O–H groups in total. The molecule has 0 aromatic heterocycles. The highest BCUT2D eigenvalue weighted by Crippen LogP contribution is 2.31. The molecule has 184 valence electrons. The summed E-state index contributed by atoms with van der Waals surface area (Å²) in [4.78, 5) is 25.1. The Balaban J connectivity index is 1.42. The number of benzene rings is 4. The molecule has 0 heterocycles. The Labute approximate surface area is 234 Å². The quantitative estimate of drug-likeness (QED) is 0.205. The predicted octanol–water partition coefficient (Wildman–Crippen LogP) is 7.71. The average molecular weight is 653 g/mol. The molecule has 0 aliphatic rings. The molecule has 4 rings (SSSR count). The van der Waals surface area contributed by atoms with Crippen molar-refractivity contribution in [3.8, 4) is 11.5 Å². The van der Waals surface area contributed by atoms with Crippen LogP contribution in [0.5, 0.6) is 11.5 Å². The molecule has 0 aliphatic carbocycles. The van der Waals surface area contributed by atoms with Crippen molar-refractivity contribution in [3.05, 3.63) is 91.8 Å². The molecule has 2 amide bonds. The molecule has 0 aliphatic heterocycles. The van der Waals surface area contributed by atoms with Crippen LogP contribution in [0.4, 0.5) is 11.4 Å². The van der Waals surface area contributed by atoms with Gasteiger partial charge in [0.15, 0.2) is 13.2 Å². The molecule has 0 bridgehead atoms. The molecular formula is C26H18Br2Cl2N2O4. The van der Waals surface area contributed by atoms with Gasteiger partial charge in [0, 0.05) is 32.2 Å². The highest BCUT2D eigenvalue weighted by molar-refractivity contribution is 9.10. The minimum absolute atomic E-state index is 0.190. The lowest BCUT2D eigenvalue weighted by molar-refractivity contribution is -0.118. The summed E-state index contributed by atoms with van der Waals surface area (Å²) in [6.07, 6.45) is 0. The van der Waals surface area contributed by atoms with Crippen LogP contribution in [0.3, 0.4) is 0 Å². The molecule has 6 nitrogen and oxygen atoms in total. The number of hydrogen-bond acceptors (Lipinski definition) is 4. The fraction of sp³-hybridized carbons (Fsp3) is 0.0769. The Morgan fingerprint density at radius 2 is 1.08 bits per heavy atom. The van der Waals surface area contributed by atoms with Gasteiger partial charge in [-0.25, -0.2) is 0 Å². The van der Waals surface area contributed by atoms with Crippen molar-refractivity contribution in [1.82, 2.24) is 0 Å². The monoisotopic (exact) mass is 650 g/mol. The molecule has 0 fully saturated rings. The molecule has 0 saturated carbocycles. The largest absolute Gasteiger partial charge is 0.483 e. The molecule has 0 atom stereocenters. The number of carbonyl (C=O) groups excluding carboxylic acids is 2. The lowest BCUT2D eigenvalue weighted by Crippen LogP contribution is -2.21. The SMILES string of the molecule is O=C(COc1ccc(Cl)cc1Br)Nc1cccc2c(NC(=O)COc3ccc(Cl)cc3Br)cccc12. The molecule has 4 aromatic carbocycles. The second-order valence-electron chi connectivity index (χ2n) is 7.53. The third-order valence-electron chi connectivity index (χ3n) is 4.98. The van der Waals surface area contributed by atoms with Crippen LogP contribution in [0.25, 0.3) is 10.8 Å². The minimum atomic E-state index is -0.333. The number of rotatable bonds is 8. The first kappa shape index (κ1) is 26.3. The van der Waals surface area contributed by atoms with Crippen LogP contribution in [0.2, 0.25) is 10.0 Å². The number of ether oxygens (including phenoxy) is 2. The fourth-order valence-corrected chi connectivity index (χ4v) is 4.97. The first-order valence-corrected chi connectivity index (χ1v) is 12.9. The standard InChI is InChI=1S/C26H18Br2Cl2N2O4/c27-19-11-15(29)7-9-23(19)35-13-25(33)31-21-5-1-3-17-18(21)4-2-6-22(17)32-26(34)14-36-24-10-8-16(30)12-20(24)28/h1-12H,13-14H2,(H,31,33)(H,32,34). The molecule has 0 saturated heterocycles. The van der Waals surface area contributed by atoms with Crippen molar-refractivity contribution in [2.75, 3.05) is 23.8 Å². The van der Waals surface area contributed by atoms with Gasteiger partial charge in [0.2, 0.25) is 0 Å². The van der Waals surface area contributed by atoms with Gasteiger partial charge in [0.25, 0.3) is 11.8 Å². The van der Waals surface area contributed by atoms with Crippen molar-refractivity contribution in [2.24, 2.45) is 0 Å². The number of fused-ring (bicyclic) bond motifs is 1. The van der Waals surface area contributed by atoms with Crippen LogP contribution in [-0.2, 0) is 9.59 Å². The van der Waals surface area contributed by atoms with Crippen molar-refractivity contribution < 1.29 is 19.1 Å². The third-order valence-corrected chi connectivity index (χ3v) is 6.69. The van der Waals surface area contributed by atoms with E-state index in [2.05, 4.69) is 42.5 Å². The maximum atomic E-state index is 12.6. The first-order valence-electron chi connectivity index (χ1n) is 10.6. The summed E-state index contributed by atoms with van der Waals surface area (Å²) in [5.74, 6) is 0.345. The van der Waals surface area contributed by atoms with E-state index >= 15 is 0 Å². The highest BCUT2D eigenvalue weighted by Gasteiger charge is 2.12. The summed E-state index contributed by atoms with van der Waals surface area (Å²) in [5, 5.41) is 8.37. The van der Waals surface area contributed by atoms with Crippen LogP contribution < -0.4 is 20.1 Å². The van der Waals surface area contributed by atoms with Crippen molar-refractivity contribution >= 4 is 89.0 Å². The summed E-state index contributed by atoms with van der Waals surface area (Å²) < 4.78 is 12.5. The average Bonchev–Trinajstić information content (AvgIpc) is 2.83. The van der Waals surface area contributed by atoms with Gasteiger partial charge < -0.3 is 20.1 Å². The van der Waals surface area contributed by atoms with Gasteiger partial charge in [-0.05, 0) is 80.4 Å². The van der Waals surface area contributed by atoms with Crippen LogP contribution in [-0.4, -0.2) is 25.0 Å². The van der Waals surface area contributed by atoms with Crippen LogP contribution in [0.1, 0.15) is 0 Å². The summed E-state index contributed by atoms with van der Waals surface area (Å²) >= 11 is 18.6. The van der Waals surface area contributed by atoms with Gasteiger partial charge in [0.05, 0.1) is 8.95 Å². The van der Waals surface area contributed by atoms with Gasteiger partial charge >= 0.3 is 0 Å². The molecule has 0 radical (unpaired) electrons. The molecule has 10 heteroatoms. The van der Waals surface area contributed by atoms with Gasteiger partial charge in [-0.2, -0.15) is 0 Å². The van der Waals surface area contributed by atoms with Crippen LogP contribution in [0.15, 0.2) is 81.7 Å². The zero-order valence-corrected chi connectivity index (χ0v) is 23.2. The Hall–Kier alpha value is -2.78. The van der Waals surface area contributed by atoms with E-state index in [9.17, 15) is 9.59 Å². The number of anilines is 2. The van der Waals surface area contributed by atoms with Gasteiger partial charge in [0.1, 0.15) is 11.5 Å². The van der Waals surface area contributed by atoms with Crippen molar-refractivity contribution in [2.45, 2.75) is 0 Å².